The summed E-state index contributed by atoms with van der Waals surface area (Å²) in [6.07, 6.45) is -0.896. The zero-order chi connectivity index (χ0) is 24.8. The van der Waals surface area contributed by atoms with Crippen molar-refractivity contribution in [2.45, 2.75) is 20.0 Å². The fourth-order valence-electron chi connectivity index (χ4n) is 3.28. The van der Waals surface area contributed by atoms with Crippen LogP contribution in [0.5, 0.6) is 11.5 Å². The molecule has 0 bridgehead atoms. The first-order chi connectivity index (χ1) is 16.3. The van der Waals surface area contributed by atoms with Crippen LogP contribution in [0.3, 0.4) is 0 Å². The number of furan rings is 1. The van der Waals surface area contributed by atoms with Crippen molar-refractivity contribution in [2.24, 2.45) is 0 Å². The molecule has 0 saturated carbocycles. The fourth-order valence-corrected chi connectivity index (χ4v) is 3.54. The number of Topliss-reactive ketones (excluding diaryl/α,β-unsaturated/α-hetero) is 1. The van der Waals surface area contributed by atoms with Gasteiger partial charge in [0.25, 0.3) is 0 Å². The minimum Gasteiger partial charge on any atom is -0.495 e. The number of halogens is 1. The molecule has 0 fully saturated rings. The number of ketones is 1. The third-order valence-corrected chi connectivity index (χ3v) is 5.25. The lowest BCUT2D eigenvalue weighted by atomic mass is 10.0. The van der Waals surface area contributed by atoms with Gasteiger partial charge in [-0.2, -0.15) is 0 Å². The number of nitrogens with one attached hydrogen (secondary N) is 2. The highest BCUT2D eigenvalue weighted by atomic mass is 35.5. The number of ether oxygens (including phenoxy) is 4. The number of carbonyl (C=O) groups is 1. The van der Waals surface area contributed by atoms with Gasteiger partial charge in [-0.25, -0.2) is 0 Å². The Labute approximate surface area is 202 Å². The second-order valence-corrected chi connectivity index (χ2v) is 7.55. The summed E-state index contributed by atoms with van der Waals surface area (Å²) < 4.78 is 27.2. The van der Waals surface area contributed by atoms with E-state index in [-0.39, 0.29) is 23.3 Å². The maximum Gasteiger partial charge on any atom is 0.231 e. The molecule has 1 heterocycles. The van der Waals surface area contributed by atoms with Crippen molar-refractivity contribution in [3.8, 4) is 22.8 Å². The third kappa shape index (κ3) is 5.47. The highest BCUT2D eigenvalue weighted by Gasteiger charge is 2.26. The van der Waals surface area contributed by atoms with E-state index in [1.807, 2.05) is 0 Å². The van der Waals surface area contributed by atoms with Gasteiger partial charge in [-0.15, -0.1) is 0 Å². The van der Waals surface area contributed by atoms with Gasteiger partial charge in [-0.05, 0) is 48.9 Å². The Kier molecular flexibility index (Phi) is 8.09. The second kappa shape index (κ2) is 11.0. The summed E-state index contributed by atoms with van der Waals surface area (Å²) in [6.45, 7) is 3.55. The van der Waals surface area contributed by atoms with Crippen LogP contribution in [0.4, 0.5) is 0 Å². The van der Waals surface area contributed by atoms with Crippen LogP contribution in [0.1, 0.15) is 41.6 Å². The van der Waals surface area contributed by atoms with Gasteiger partial charge >= 0.3 is 0 Å². The number of hydrogen-bond donors (Lipinski definition) is 2. The lowest BCUT2D eigenvalue weighted by Gasteiger charge is -2.16. The fraction of sp³-hybridized carbons (Fsp3) is 0.240. The first-order valence-corrected chi connectivity index (χ1v) is 10.8. The average molecular weight is 485 g/mol. The van der Waals surface area contributed by atoms with Gasteiger partial charge in [0, 0.05) is 24.7 Å². The lowest BCUT2D eigenvalue weighted by Crippen LogP contribution is -2.16. The zero-order valence-corrected chi connectivity index (χ0v) is 20.0. The highest BCUT2D eigenvalue weighted by Crippen LogP contribution is 2.39. The van der Waals surface area contributed by atoms with Gasteiger partial charge in [-0.3, -0.25) is 15.6 Å². The normalized spacial score (nSPS) is 11.6. The molecule has 2 N–H and O–H groups in total. The van der Waals surface area contributed by atoms with Crippen molar-refractivity contribution in [1.82, 2.24) is 0 Å². The maximum atomic E-state index is 13.3. The van der Waals surface area contributed by atoms with Crippen molar-refractivity contribution < 1.29 is 28.2 Å². The summed E-state index contributed by atoms with van der Waals surface area (Å²) in [5.41, 5.74) is 1.71. The predicted octanol–water partition coefficient (Wildman–Crippen LogP) is 5.92. The van der Waals surface area contributed by atoms with E-state index in [1.54, 1.807) is 55.5 Å². The second-order valence-electron chi connectivity index (χ2n) is 7.17. The van der Waals surface area contributed by atoms with Crippen molar-refractivity contribution >= 4 is 29.2 Å². The third-order valence-electron chi connectivity index (χ3n) is 4.88. The molecule has 1 aromatic heterocycles. The first-order valence-electron chi connectivity index (χ1n) is 10.4. The van der Waals surface area contributed by atoms with Gasteiger partial charge in [0.15, 0.2) is 11.7 Å². The summed E-state index contributed by atoms with van der Waals surface area (Å²) in [6, 6.07) is 13.3. The molecule has 1 atom stereocenters. The predicted molar refractivity (Wildman–Crippen MR) is 129 cm³/mol. The quantitative estimate of drug-likeness (QED) is 0.221. The van der Waals surface area contributed by atoms with Gasteiger partial charge in [0.05, 0.1) is 14.2 Å². The van der Waals surface area contributed by atoms with Crippen molar-refractivity contribution in [1.29, 1.82) is 10.8 Å². The molecule has 34 heavy (non-hydrogen) atoms. The van der Waals surface area contributed by atoms with Crippen LogP contribution in [-0.2, 0) is 9.47 Å². The first kappa shape index (κ1) is 25.0. The number of rotatable bonds is 9. The Morgan fingerprint density at radius 1 is 1.03 bits per heavy atom. The van der Waals surface area contributed by atoms with E-state index in [2.05, 4.69) is 0 Å². The van der Waals surface area contributed by atoms with Gasteiger partial charge in [-0.1, -0.05) is 23.7 Å². The molecule has 0 saturated heterocycles. The smallest absolute Gasteiger partial charge is 0.231 e. The lowest BCUT2D eigenvalue weighted by molar-refractivity contribution is 0.0428. The van der Waals surface area contributed by atoms with Crippen LogP contribution in [0.2, 0.25) is 5.02 Å². The Morgan fingerprint density at radius 3 is 2.18 bits per heavy atom. The van der Waals surface area contributed by atoms with Crippen LogP contribution in [0.15, 0.2) is 52.9 Å². The molecule has 3 aromatic rings. The van der Waals surface area contributed by atoms with Crippen LogP contribution < -0.4 is 9.47 Å². The minimum absolute atomic E-state index is 0.0824. The molecule has 0 spiro atoms. The Morgan fingerprint density at radius 2 is 1.65 bits per heavy atom. The van der Waals surface area contributed by atoms with Gasteiger partial charge in [0.1, 0.15) is 28.4 Å². The number of benzene rings is 2. The molecule has 1 unspecified atom stereocenters. The minimum atomic E-state index is -0.896. The van der Waals surface area contributed by atoms with Crippen LogP contribution in [0.25, 0.3) is 11.3 Å². The molecule has 9 heteroatoms. The van der Waals surface area contributed by atoms with E-state index in [4.69, 9.17) is 45.8 Å². The summed E-state index contributed by atoms with van der Waals surface area (Å²) in [5.74, 6) is 0.815. The SMILES string of the molecule is CCOC(C(=O)c1ccc(-c2cc(OC)c(Cl)c(OC)c2)o1)c1ccc(C(=N)OC(C)=N)cc1. The topological polar surface area (TPSA) is 115 Å². The van der Waals surface area contributed by atoms with E-state index in [9.17, 15) is 4.79 Å². The molecular weight excluding hydrogens is 460 g/mol. The molecule has 0 radical (unpaired) electrons. The summed E-state index contributed by atoms with van der Waals surface area (Å²) in [4.78, 5) is 13.3. The molecule has 8 nitrogen and oxygen atoms in total. The summed E-state index contributed by atoms with van der Waals surface area (Å²) >= 11 is 6.24. The molecular formula is C25H25ClN2O6. The number of hydrogen-bond acceptors (Lipinski definition) is 8. The van der Waals surface area contributed by atoms with Crippen molar-refractivity contribution in [2.75, 3.05) is 20.8 Å². The van der Waals surface area contributed by atoms with Gasteiger partial charge < -0.3 is 23.4 Å². The maximum absolute atomic E-state index is 13.3. The van der Waals surface area contributed by atoms with E-state index < -0.39 is 6.10 Å². The zero-order valence-electron chi connectivity index (χ0n) is 19.2. The van der Waals surface area contributed by atoms with Crippen molar-refractivity contribution in [3.63, 3.8) is 0 Å². The van der Waals surface area contributed by atoms with E-state index >= 15 is 0 Å². The molecule has 0 aliphatic rings. The van der Waals surface area contributed by atoms with Crippen LogP contribution in [-0.4, -0.2) is 38.4 Å². The molecule has 2 aromatic carbocycles. The molecule has 178 valence electrons. The largest absolute Gasteiger partial charge is 0.495 e. The molecule has 0 aliphatic carbocycles. The van der Waals surface area contributed by atoms with E-state index in [1.165, 1.54) is 21.1 Å². The van der Waals surface area contributed by atoms with E-state index in [0.29, 0.717) is 45.6 Å². The van der Waals surface area contributed by atoms with E-state index in [0.717, 1.165) is 0 Å². The monoisotopic (exact) mass is 484 g/mol. The highest BCUT2D eigenvalue weighted by molar-refractivity contribution is 6.33. The summed E-state index contributed by atoms with van der Waals surface area (Å²) in [5, 5.41) is 15.6. The van der Waals surface area contributed by atoms with Gasteiger partial charge in [0.2, 0.25) is 11.7 Å². The molecule has 0 aliphatic heterocycles. The number of methoxy groups -OCH3 is 2. The average Bonchev–Trinajstić information content (AvgIpc) is 3.32. The Balaban J connectivity index is 1.88. The van der Waals surface area contributed by atoms with Crippen LogP contribution >= 0.6 is 11.6 Å². The Bertz CT molecular complexity index is 1180. The van der Waals surface area contributed by atoms with Crippen molar-refractivity contribution in [3.05, 3.63) is 70.4 Å². The molecule has 3 rings (SSSR count). The Hall–Kier alpha value is -3.62. The van der Waals surface area contributed by atoms with Crippen LogP contribution in [0, 0.1) is 10.8 Å². The summed E-state index contributed by atoms with van der Waals surface area (Å²) in [7, 11) is 3.00. The standard InChI is InChI=1S/C25H25ClN2O6/c1-5-32-24(15-6-8-16(9-7-15)25(28)33-14(2)27)23(29)19-11-10-18(34-19)17-12-20(30-3)22(26)21(13-17)31-4/h6-13,24,27-28H,5H2,1-4H3. The number of carbonyl (C=O) groups excluding carboxylic acids is 1. The molecule has 0 amide bonds.